The fraction of sp³-hybridized carbons (Fsp3) is 0.474. The van der Waals surface area contributed by atoms with Crippen molar-refractivity contribution in [1.29, 1.82) is 0 Å². The van der Waals surface area contributed by atoms with Crippen molar-refractivity contribution in [1.82, 2.24) is 4.98 Å². The molecule has 5 nitrogen and oxygen atoms in total. The second-order valence-corrected chi connectivity index (χ2v) is 6.67. The first kappa shape index (κ1) is 16.7. The quantitative estimate of drug-likeness (QED) is 0.780. The number of hydrogen-bond donors (Lipinski definition) is 0. The van der Waals surface area contributed by atoms with Crippen LogP contribution in [-0.2, 0) is 20.9 Å². The average molecular weight is 329 g/mol. The normalized spacial score (nSPS) is 16.1. The Morgan fingerprint density at radius 2 is 1.96 bits per heavy atom. The van der Waals surface area contributed by atoms with Crippen molar-refractivity contribution in [2.24, 2.45) is 11.3 Å². The van der Waals surface area contributed by atoms with E-state index in [4.69, 9.17) is 13.9 Å². The molecule has 0 saturated carbocycles. The summed E-state index contributed by atoms with van der Waals surface area (Å²) in [6.07, 6.45) is 3.43. The van der Waals surface area contributed by atoms with Crippen LogP contribution in [0.25, 0.3) is 11.3 Å². The van der Waals surface area contributed by atoms with Crippen molar-refractivity contribution in [3.8, 4) is 11.3 Å². The van der Waals surface area contributed by atoms with Crippen LogP contribution in [0.1, 0.15) is 32.6 Å². The summed E-state index contributed by atoms with van der Waals surface area (Å²) in [6, 6.07) is 9.72. The maximum atomic E-state index is 12.5. The molecule has 2 heterocycles. The molecule has 3 rings (SSSR count). The summed E-state index contributed by atoms with van der Waals surface area (Å²) >= 11 is 0. The highest BCUT2D eigenvalue weighted by Gasteiger charge is 2.39. The molecule has 0 amide bonds. The zero-order valence-electron chi connectivity index (χ0n) is 14.2. The highest BCUT2D eigenvalue weighted by molar-refractivity contribution is 5.76. The number of nitrogens with zero attached hydrogens (tertiary/aromatic N) is 1. The first-order valence-corrected chi connectivity index (χ1v) is 8.32. The van der Waals surface area contributed by atoms with Crippen molar-refractivity contribution in [3.05, 3.63) is 42.4 Å². The highest BCUT2D eigenvalue weighted by atomic mass is 16.5. The van der Waals surface area contributed by atoms with Crippen LogP contribution in [0, 0.1) is 11.3 Å². The van der Waals surface area contributed by atoms with Gasteiger partial charge in [-0.2, -0.15) is 0 Å². The van der Waals surface area contributed by atoms with Crippen LogP contribution in [0.3, 0.4) is 0 Å². The molecule has 0 bridgehead atoms. The van der Waals surface area contributed by atoms with Crippen LogP contribution in [0.2, 0.25) is 0 Å². The Labute approximate surface area is 142 Å². The summed E-state index contributed by atoms with van der Waals surface area (Å²) < 4.78 is 16.5. The Hall–Kier alpha value is -2.14. The summed E-state index contributed by atoms with van der Waals surface area (Å²) in [5.41, 5.74) is 0.420. The molecule has 1 aliphatic rings. The smallest absolute Gasteiger partial charge is 0.312 e. The minimum absolute atomic E-state index is 0.0539. The number of benzene rings is 1. The van der Waals surface area contributed by atoms with Gasteiger partial charge in [0, 0.05) is 18.8 Å². The summed E-state index contributed by atoms with van der Waals surface area (Å²) in [4.78, 5) is 16.7. The van der Waals surface area contributed by atoms with E-state index >= 15 is 0 Å². The molecule has 0 radical (unpaired) electrons. The van der Waals surface area contributed by atoms with Crippen molar-refractivity contribution in [2.45, 2.75) is 33.3 Å². The van der Waals surface area contributed by atoms with Gasteiger partial charge in [0.1, 0.15) is 0 Å². The van der Waals surface area contributed by atoms with Crippen molar-refractivity contribution in [2.75, 3.05) is 13.2 Å². The van der Waals surface area contributed by atoms with Gasteiger partial charge >= 0.3 is 5.97 Å². The van der Waals surface area contributed by atoms with Gasteiger partial charge in [-0.15, -0.1) is 0 Å². The van der Waals surface area contributed by atoms with Gasteiger partial charge in [-0.25, -0.2) is 4.98 Å². The topological polar surface area (TPSA) is 61.6 Å². The van der Waals surface area contributed by atoms with Gasteiger partial charge in [-0.05, 0) is 32.6 Å². The molecule has 2 aromatic rings. The Balaban J connectivity index is 1.59. The average Bonchev–Trinajstić information content (AvgIpc) is 3.10. The van der Waals surface area contributed by atoms with E-state index in [9.17, 15) is 4.79 Å². The van der Waals surface area contributed by atoms with E-state index in [0.717, 1.165) is 18.4 Å². The molecule has 0 atom stereocenters. The third kappa shape index (κ3) is 3.67. The van der Waals surface area contributed by atoms with Gasteiger partial charge in [-0.3, -0.25) is 4.79 Å². The van der Waals surface area contributed by atoms with Crippen LogP contribution in [0.15, 0.2) is 40.9 Å². The second-order valence-electron chi connectivity index (χ2n) is 6.67. The maximum Gasteiger partial charge on any atom is 0.312 e. The van der Waals surface area contributed by atoms with E-state index in [1.165, 1.54) is 0 Å². The zero-order chi connectivity index (χ0) is 17.0. The van der Waals surface area contributed by atoms with Crippen LogP contribution in [0.5, 0.6) is 0 Å². The van der Waals surface area contributed by atoms with Crippen LogP contribution >= 0.6 is 0 Å². The fourth-order valence-electron chi connectivity index (χ4n) is 3.01. The van der Waals surface area contributed by atoms with Crippen LogP contribution in [-0.4, -0.2) is 24.2 Å². The number of oxazole rings is 1. The molecule has 1 aliphatic heterocycles. The van der Waals surface area contributed by atoms with Crippen molar-refractivity contribution >= 4 is 5.97 Å². The lowest BCUT2D eigenvalue weighted by Crippen LogP contribution is -2.37. The molecule has 1 aromatic heterocycles. The first-order valence-electron chi connectivity index (χ1n) is 8.32. The van der Waals surface area contributed by atoms with E-state index < -0.39 is 5.41 Å². The SMILES string of the molecule is CC(C)(C(=O)OCc1ncc(-c2ccccc2)o1)C1CCOCC1. The molecule has 1 fully saturated rings. The molecule has 128 valence electrons. The second kappa shape index (κ2) is 7.18. The number of carbonyl (C=O) groups excluding carboxylic acids is 1. The molecule has 0 aliphatic carbocycles. The predicted molar refractivity (Wildman–Crippen MR) is 89.1 cm³/mol. The summed E-state index contributed by atoms with van der Waals surface area (Å²) in [5.74, 6) is 1.15. The molecule has 0 unspecified atom stereocenters. The Kier molecular flexibility index (Phi) is 5.00. The van der Waals surface area contributed by atoms with Crippen molar-refractivity contribution in [3.63, 3.8) is 0 Å². The van der Waals surface area contributed by atoms with E-state index in [-0.39, 0.29) is 18.5 Å². The first-order chi connectivity index (χ1) is 11.6. The summed E-state index contributed by atoms with van der Waals surface area (Å²) in [6.45, 7) is 5.36. The Morgan fingerprint density at radius 3 is 2.67 bits per heavy atom. The molecule has 1 aromatic carbocycles. The highest BCUT2D eigenvalue weighted by Crippen LogP contribution is 2.35. The molecule has 1 saturated heterocycles. The van der Waals surface area contributed by atoms with Gasteiger partial charge in [0.15, 0.2) is 12.4 Å². The Bertz CT molecular complexity index is 672. The van der Waals surface area contributed by atoms with Gasteiger partial charge < -0.3 is 13.9 Å². The van der Waals surface area contributed by atoms with Gasteiger partial charge in [0.05, 0.1) is 11.6 Å². The number of ether oxygens (including phenoxy) is 2. The lowest BCUT2D eigenvalue weighted by molar-refractivity contribution is -0.161. The standard InChI is InChI=1S/C19H23NO4/c1-19(2,15-8-10-22-11-9-15)18(21)23-13-17-20-12-16(24-17)14-6-4-3-5-7-14/h3-7,12,15H,8-11,13H2,1-2H3. The molecule has 0 N–H and O–H groups in total. The third-order valence-electron chi connectivity index (χ3n) is 4.71. The fourth-order valence-corrected chi connectivity index (χ4v) is 3.01. The van der Waals surface area contributed by atoms with Gasteiger partial charge in [0.25, 0.3) is 0 Å². The Morgan fingerprint density at radius 1 is 1.25 bits per heavy atom. The summed E-state index contributed by atoms with van der Waals surface area (Å²) in [7, 11) is 0. The van der Waals surface area contributed by atoms with Gasteiger partial charge in [-0.1, -0.05) is 30.3 Å². The molecule has 24 heavy (non-hydrogen) atoms. The number of rotatable bonds is 5. The third-order valence-corrected chi connectivity index (χ3v) is 4.71. The molecule has 5 heteroatoms. The summed E-state index contributed by atoms with van der Waals surface area (Å²) in [5, 5.41) is 0. The molecule has 0 spiro atoms. The number of aromatic nitrogens is 1. The largest absolute Gasteiger partial charge is 0.455 e. The minimum Gasteiger partial charge on any atom is -0.455 e. The maximum absolute atomic E-state index is 12.5. The zero-order valence-corrected chi connectivity index (χ0v) is 14.2. The van der Waals surface area contributed by atoms with Crippen LogP contribution in [0.4, 0.5) is 0 Å². The predicted octanol–water partition coefficient (Wildman–Crippen LogP) is 3.84. The van der Waals surface area contributed by atoms with E-state index in [1.54, 1.807) is 6.20 Å². The van der Waals surface area contributed by atoms with Crippen molar-refractivity contribution < 1.29 is 18.7 Å². The number of esters is 1. The number of carbonyl (C=O) groups is 1. The monoisotopic (exact) mass is 329 g/mol. The van der Waals surface area contributed by atoms with Crippen LogP contribution < -0.4 is 0 Å². The number of hydrogen-bond acceptors (Lipinski definition) is 5. The van der Waals surface area contributed by atoms with Gasteiger partial charge in [0.2, 0.25) is 5.89 Å². The lowest BCUT2D eigenvalue weighted by Gasteiger charge is -2.34. The lowest BCUT2D eigenvalue weighted by atomic mass is 9.75. The van der Waals surface area contributed by atoms with E-state index in [0.29, 0.717) is 24.9 Å². The minimum atomic E-state index is -0.529. The van der Waals surface area contributed by atoms with E-state index in [2.05, 4.69) is 4.98 Å². The molecular weight excluding hydrogens is 306 g/mol. The van der Waals surface area contributed by atoms with E-state index in [1.807, 2.05) is 44.2 Å². The molecular formula is C19H23NO4.